The first-order chi connectivity index (χ1) is 9.65. The summed E-state index contributed by atoms with van der Waals surface area (Å²) in [4.78, 5) is 12.1. The largest absolute Gasteiger partial charge is 0.377 e. The highest BCUT2D eigenvalue weighted by molar-refractivity contribution is 5.79. The molecule has 2 atom stereocenters. The Morgan fingerprint density at radius 1 is 1.60 bits per heavy atom. The van der Waals surface area contributed by atoms with Crippen LogP contribution in [0.15, 0.2) is 18.2 Å². The summed E-state index contributed by atoms with van der Waals surface area (Å²) < 4.78 is 19.2. The van der Waals surface area contributed by atoms with Crippen molar-refractivity contribution < 1.29 is 13.9 Å². The van der Waals surface area contributed by atoms with Crippen molar-refractivity contribution in [2.75, 3.05) is 6.61 Å². The Morgan fingerprint density at radius 3 is 3.05 bits per heavy atom. The molecule has 0 bridgehead atoms. The van der Waals surface area contributed by atoms with Gasteiger partial charge in [0.05, 0.1) is 23.7 Å². The number of rotatable bonds is 4. The van der Waals surface area contributed by atoms with Crippen molar-refractivity contribution in [3.63, 3.8) is 0 Å². The number of benzene rings is 1. The fourth-order valence-corrected chi connectivity index (χ4v) is 2.42. The Balaban J connectivity index is 1.95. The maximum atomic E-state index is 13.7. The Bertz CT molecular complexity index is 539. The Morgan fingerprint density at radius 2 is 2.40 bits per heavy atom. The summed E-state index contributed by atoms with van der Waals surface area (Å²) in [6.07, 6.45) is 1.46. The number of hydrogen-bond donors (Lipinski definition) is 1. The SMILES string of the molecule is CCC1OCCC1C(=O)NCc1ccc(C#N)cc1F. The molecule has 0 aromatic heterocycles. The molecule has 0 saturated carbocycles. The molecule has 20 heavy (non-hydrogen) atoms. The zero-order valence-corrected chi connectivity index (χ0v) is 11.4. The molecule has 1 aromatic carbocycles. The topological polar surface area (TPSA) is 62.1 Å². The van der Waals surface area contributed by atoms with E-state index in [0.29, 0.717) is 18.6 Å². The molecule has 1 aliphatic heterocycles. The molecule has 106 valence electrons. The van der Waals surface area contributed by atoms with E-state index in [2.05, 4.69) is 5.32 Å². The van der Waals surface area contributed by atoms with Gasteiger partial charge in [-0.3, -0.25) is 4.79 Å². The molecular formula is C15H17FN2O2. The number of amides is 1. The smallest absolute Gasteiger partial charge is 0.226 e. The van der Waals surface area contributed by atoms with Crippen molar-refractivity contribution in [1.29, 1.82) is 5.26 Å². The third-order valence-electron chi connectivity index (χ3n) is 3.58. The zero-order valence-electron chi connectivity index (χ0n) is 11.4. The molecule has 2 unspecified atom stereocenters. The quantitative estimate of drug-likeness (QED) is 0.916. The van der Waals surface area contributed by atoms with Crippen LogP contribution in [0.1, 0.15) is 30.9 Å². The molecule has 0 radical (unpaired) electrons. The van der Waals surface area contributed by atoms with Gasteiger partial charge in [-0.15, -0.1) is 0 Å². The van der Waals surface area contributed by atoms with Crippen molar-refractivity contribution in [1.82, 2.24) is 5.32 Å². The normalized spacial score (nSPS) is 21.4. The van der Waals surface area contributed by atoms with E-state index in [1.54, 1.807) is 0 Å². The van der Waals surface area contributed by atoms with Crippen LogP contribution in [0.4, 0.5) is 4.39 Å². The van der Waals surface area contributed by atoms with E-state index < -0.39 is 5.82 Å². The average Bonchev–Trinajstić information content (AvgIpc) is 2.94. The molecule has 0 spiro atoms. The minimum atomic E-state index is -0.473. The summed E-state index contributed by atoms with van der Waals surface area (Å²) in [5, 5.41) is 11.4. The highest BCUT2D eigenvalue weighted by Crippen LogP contribution is 2.23. The maximum absolute atomic E-state index is 13.7. The van der Waals surface area contributed by atoms with E-state index in [0.717, 1.165) is 6.42 Å². The molecule has 1 aliphatic rings. The highest BCUT2D eigenvalue weighted by Gasteiger charge is 2.32. The van der Waals surface area contributed by atoms with E-state index in [-0.39, 0.29) is 30.0 Å². The molecule has 1 amide bonds. The van der Waals surface area contributed by atoms with Crippen LogP contribution < -0.4 is 5.32 Å². The number of hydrogen-bond acceptors (Lipinski definition) is 3. The molecule has 1 N–H and O–H groups in total. The first-order valence-corrected chi connectivity index (χ1v) is 6.73. The van der Waals surface area contributed by atoms with Gasteiger partial charge in [-0.05, 0) is 25.0 Å². The molecular weight excluding hydrogens is 259 g/mol. The van der Waals surface area contributed by atoms with Crippen molar-refractivity contribution in [2.45, 2.75) is 32.4 Å². The van der Waals surface area contributed by atoms with Crippen LogP contribution in [0.25, 0.3) is 0 Å². The molecule has 1 saturated heterocycles. The van der Waals surface area contributed by atoms with Gasteiger partial charge in [0.1, 0.15) is 5.82 Å². The van der Waals surface area contributed by atoms with Crippen molar-refractivity contribution >= 4 is 5.91 Å². The number of halogens is 1. The second-order valence-electron chi connectivity index (χ2n) is 4.85. The minimum Gasteiger partial charge on any atom is -0.377 e. The number of ether oxygens (including phenoxy) is 1. The number of carbonyl (C=O) groups is 1. The molecule has 1 heterocycles. The summed E-state index contributed by atoms with van der Waals surface area (Å²) in [6.45, 7) is 2.71. The second-order valence-corrected chi connectivity index (χ2v) is 4.85. The summed E-state index contributed by atoms with van der Waals surface area (Å²) in [7, 11) is 0. The second kappa shape index (κ2) is 6.49. The van der Waals surface area contributed by atoms with Gasteiger partial charge in [-0.2, -0.15) is 5.26 Å². The predicted molar refractivity (Wildman–Crippen MR) is 71.1 cm³/mol. The van der Waals surface area contributed by atoms with E-state index in [9.17, 15) is 9.18 Å². The molecule has 0 aliphatic carbocycles. The third kappa shape index (κ3) is 3.14. The minimum absolute atomic E-state index is 0.0409. The number of nitrogens with one attached hydrogen (secondary N) is 1. The monoisotopic (exact) mass is 276 g/mol. The van der Waals surface area contributed by atoms with E-state index >= 15 is 0 Å². The Hall–Kier alpha value is -1.93. The fourth-order valence-electron chi connectivity index (χ4n) is 2.42. The molecule has 1 fully saturated rings. The molecule has 5 heteroatoms. The summed E-state index contributed by atoms with van der Waals surface area (Å²) >= 11 is 0. The van der Waals surface area contributed by atoms with Crippen LogP contribution in [0.3, 0.4) is 0 Å². The van der Waals surface area contributed by atoms with Gasteiger partial charge in [-0.25, -0.2) is 4.39 Å². The highest BCUT2D eigenvalue weighted by atomic mass is 19.1. The lowest BCUT2D eigenvalue weighted by Crippen LogP contribution is -2.34. The summed E-state index contributed by atoms with van der Waals surface area (Å²) in [6, 6.07) is 6.11. The lowest BCUT2D eigenvalue weighted by atomic mass is 9.98. The maximum Gasteiger partial charge on any atom is 0.226 e. The van der Waals surface area contributed by atoms with Crippen LogP contribution in [-0.2, 0) is 16.1 Å². The van der Waals surface area contributed by atoms with Gasteiger partial charge in [0, 0.05) is 18.7 Å². The zero-order chi connectivity index (χ0) is 14.5. The first-order valence-electron chi connectivity index (χ1n) is 6.73. The van der Waals surface area contributed by atoms with Crippen LogP contribution in [0.2, 0.25) is 0 Å². The van der Waals surface area contributed by atoms with Gasteiger partial charge < -0.3 is 10.1 Å². The van der Waals surface area contributed by atoms with Crippen LogP contribution in [-0.4, -0.2) is 18.6 Å². The Labute approximate surface area is 117 Å². The van der Waals surface area contributed by atoms with Crippen molar-refractivity contribution in [3.05, 3.63) is 35.1 Å². The van der Waals surface area contributed by atoms with Crippen LogP contribution in [0, 0.1) is 23.1 Å². The summed E-state index contributed by atoms with van der Waals surface area (Å²) in [5.41, 5.74) is 0.650. The first kappa shape index (κ1) is 14.5. The molecule has 4 nitrogen and oxygen atoms in total. The number of nitrogens with zero attached hydrogens (tertiary/aromatic N) is 1. The van der Waals surface area contributed by atoms with E-state index in [1.807, 2.05) is 13.0 Å². The standard InChI is InChI=1S/C15H17FN2O2/c1-2-14-12(5-6-20-14)15(19)18-9-11-4-3-10(8-17)7-13(11)16/h3-4,7,12,14H,2,5-6,9H2,1H3,(H,18,19). The van der Waals surface area contributed by atoms with Gasteiger partial charge in [0.15, 0.2) is 0 Å². The van der Waals surface area contributed by atoms with Crippen LogP contribution in [0.5, 0.6) is 0 Å². The van der Waals surface area contributed by atoms with Crippen molar-refractivity contribution in [2.24, 2.45) is 5.92 Å². The average molecular weight is 276 g/mol. The molecule has 2 rings (SSSR count). The predicted octanol–water partition coefficient (Wildman–Crippen LogP) is 2.13. The molecule has 1 aromatic rings. The fraction of sp³-hybridized carbons (Fsp3) is 0.467. The summed E-state index contributed by atoms with van der Waals surface area (Å²) in [5.74, 6) is -0.724. The number of nitriles is 1. The number of carbonyl (C=O) groups excluding carboxylic acids is 1. The van der Waals surface area contributed by atoms with Crippen molar-refractivity contribution in [3.8, 4) is 6.07 Å². The van der Waals surface area contributed by atoms with Gasteiger partial charge >= 0.3 is 0 Å². The lowest BCUT2D eigenvalue weighted by molar-refractivity contribution is -0.126. The van der Waals surface area contributed by atoms with Gasteiger partial charge in [-0.1, -0.05) is 13.0 Å². The van der Waals surface area contributed by atoms with E-state index in [1.165, 1.54) is 18.2 Å². The van der Waals surface area contributed by atoms with E-state index in [4.69, 9.17) is 10.00 Å². The van der Waals surface area contributed by atoms with Gasteiger partial charge in [0.25, 0.3) is 0 Å². The third-order valence-corrected chi connectivity index (χ3v) is 3.58. The lowest BCUT2D eigenvalue weighted by Gasteiger charge is -2.16. The Kier molecular flexibility index (Phi) is 4.70. The van der Waals surface area contributed by atoms with Crippen LogP contribution >= 0.6 is 0 Å². The van der Waals surface area contributed by atoms with Gasteiger partial charge in [0.2, 0.25) is 5.91 Å².